The average molecular weight is 242 g/mol. The number of nitrogens with zero attached hydrogens (tertiary/aromatic N) is 2. The molecule has 0 aliphatic carbocycles. The summed E-state index contributed by atoms with van der Waals surface area (Å²) in [7, 11) is 0. The van der Waals surface area contributed by atoms with E-state index in [0.717, 1.165) is 0 Å². The molecule has 0 aliphatic heterocycles. The summed E-state index contributed by atoms with van der Waals surface area (Å²) in [5.41, 5.74) is 0.344. The molecule has 1 aromatic heterocycles. The van der Waals surface area contributed by atoms with Crippen LogP contribution >= 0.6 is 11.6 Å². The maximum atomic E-state index is 13.4. The number of halogens is 2. The fraction of sp³-hybridized carbons (Fsp3) is 0.200. The first-order valence-corrected chi connectivity index (χ1v) is 5.02. The lowest BCUT2D eigenvalue weighted by molar-refractivity contribution is 0.167. The van der Waals surface area contributed by atoms with Crippen molar-refractivity contribution in [3.63, 3.8) is 0 Å². The fourth-order valence-corrected chi connectivity index (χ4v) is 1.57. The molecule has 4 nitrogen and oxygen atoms in total. The Morgan fingerprint density at radius 2 is 2.31 bits per heavy atom. The molecule has 2 rings (SSSR count). The van der Waals surface area contributed by atoms with Crippen LogP contribution in [0.25, 0.3) is 0 Å². The topological polar surface area (TPSA) is 61.8 Å². The van der Waals surface area contributed by atoms with Gasteiger partial charge in [-0.2, -0.15) is 5.10 Å². The third-order valence-electron chi connectivity index (χ3n) is 2.17. The van der Waals surface area contributed by atoms with E-state index in [1.807, 2.05) is 0 Å². The van der Waals surface area contributed by atoms with Gasteiger partial charge in [-0.15, -0.1) is 0 Å². The van der Waals surface area contributed by atoms with Gasteiger partial charge in [-0.25, -0.2) is 9.37 Å². The number of aromatic nitrogens is 3. The molecule has 0 spiro atoms. The molecule has 0 saturated carbocycles. The SMILES string of the molecule is OC(Cc1cc(Cl)ccc1F)c1ncn[nH]1. The summed E-state index contributed by atoms with van der Waals surface area (Å²) >= 11 is 5.74. The largest absolute Gasteiger partial charge is 0.385 e. The molecule has 0 saturated heterocycles. The van der Waals surface area contributed by atoms with E-state index in [2.05, 4.69) is 15.2 Å². The predicted octanol–water partition coefficient (Wildman–Crippen LogP) is 1.87. The van der Waals surface area contributed by atoms with Crippen LogP contribution in [0.1, 0.15) is 17.5 Å². The van der Waals surface area contributed by atoms with E-state index >= 15 is 0 Å². The van der Waals surface area contributed by atoms with E-state index in [4.69, 9.17) is 11.6 Å². The highest BCUT2D eigenvalue weighted by molar-refractivity contribution is 6.30. The smallest absolute Gasteiger partial charge is 0.153 e. The fourth-order valence-electron chi connectivity index (χ4n) is 1.38. The number of hydrogen-bond acceptors (Lipinski definition) is 3. The zero-order valence-corrected chi connectivity index (χ0v) is 8.95. The molecule has 0 amide bonds. The van der Waals surface area contributed by atoms with E-state index in [-0.39, 0.29) is 6.42 Å². The Balaban J connectivity index is 2.17. The lowest BCUT2D eigenvalue weighted by atomic mass is 10.1. The van der Waals surface area contributed by atoms with Gasteiger partial charge in [-0.1, -0.05) is 11.6 Å². The summed E-state index contributed by atoms with van der Waals surface area (Å²) in [6.07, 6.45) is 0.463. The Morgan fingerprint density at radius 3 is 3.00 bits per heavy atom. The molecule has 1 unspecified atom stereocenters. The van der Waals surface area contributed by atoms with Crippen LogP contribution in [-0.4, -0.2) is 20.3 Å². The normalized spacial score (nSPS) is 12.7. The summed E-state index contributed by atoms with van der Waals surface area (Å²) in [4.78, 5) is 3.79. The Hall–Kier alpha value is -1.46. The molecule has 0 bridgehead atoms. The predicted molar refractivity (Wildman–Crippen MR) is 56.5 cm³/mol. The zero-order valence-electron chi connectivity index (χ0n) is 8.19. The van der Waals surface area contributed by atoms with Crippen LogP contribution in [0.2, 0.25) is 5.02 Å². The molecule has 0 aliphatic rings. The summed E-state index contributed by atoms with van der Waals surface area (Å²) in [6.45, 7) is 0. The molecular weight excluding hydrogens is 233 g/mol. The van der Waals surface area contributed by atoms with Gasteiger partial charge in [0.05, 0.1) is 0 Å². The molecular formula is C10H9ClFN3O. The van der Waals surface area contributed by atoms with Crippen LogP contribution < -0.4 is 0 Å². The molecule has 0 radical (unpaired) electrons. The molecule has 6 heteroatoms. The maximum absolute atomic E-state index is 13.4. The molecule has 2 N–H and O–H groups in total. The zero-order chi connectivity index (χ0) is 11.5. The van der Waals surface area contributed by atoms with Crippen molar-refractivity contribution in [1.82, 2.24) is 15.2 Å². The highest BCUT2D eigenvalue weighted by Crippen LogP contribution is 2.20. The van der Waals surface area contributed by atoms with E-state index in [1.165, 1.54) is 24.5 Å². The number of hydrogen-bond donors (Lipinski definition) is 2. The number of aliphatic hydroxyl groups is 1. The van der Waals surface area contributed by atoms with Gasteiger partial charge in [0.2, 0.25) is 0 Å². The minimum absolute atomic E-state index is 0.0988. The third-order valence-corrected chi connectivity index (χ3v) is 2.41. The molecule has 1 atom stereocenters. The quantitative estimate of drug-likeness (QED) is 0.863. The number of H-pyrrole nitrogens is 1. The first-order valence-electron chi connectivity index (χ1n) is 4.64. The molecule has 0 fully saturated rings. The van der Waals surface area contributed by atoms with Gasteiger partial charge in [0, 0.05) is 11.4 Å². The monoisotopic (exact) mass is 241 g/mol. The lowest BCUT2D eigenvalue weighted by Crippen LogP contribution is -2.05. The number of nitrogens with one attached hydrogen (secondary N) is 1. The van der Waals surface area contributed by atoms with E-state index in [9.17, 15) is 9.50 Å². The van der Waals surface area contributed by atoms with Crippen LogP contribution in [0.5, 0.6) is 0 Å². The summed E-state index contributed by atoms with van der Waals surface area (Å²) in [5, 5.41) is 16.3. The van der Waals surface area contributed by atoms with Crippen molar-refractivity contribution < 1.29 is 9.50 Å². The number of aliphatic hydroxyl groups excluding tert-OH is 1. The third kappa shape index (κ3) is 2.37. The summed E-state index contributed by atoms with van der Waals surface area (Å²) < 4.78 is 13.4. The first-order chi connectivity index (χ1) is 7.66. The lowest BCUT2D eigenvalue weighted by Gasteiger charge is -2.08. The van der Waals surface area contributed by atoms with Crippen molar-refractivity contribution >= 4 is 11.6 Å². The molecule has 1 heterocycles. The summed E-state index contributed by atoms with van der Waals surface area (Å²) in [5.74, 6) is -0.0951. The Bertz CT molecular complexity index is 475. The second-order valence-corrected chi connectivity index (χ2v) is 3.76. The van der Waals surface area contributed by atoms with Crippen molar-refractivity contribution in [1.29, 1.82) is 0 Å². The average Bonchev–Trinajstić information content (AvgIpc) is 2.76. The number of rotatable bonds is 3. The second kappa shape index (κ2) is 4.59. The molecule has 1 aromatic carbocycles. The second-order valence-electron chi connectivity index (χ2n) is 3.33. The minimum atomic E-state index is -0.921. The van der Waals surface area contributed by atoms with E-state index in [1.54, 1.807) is 0 Å². The maximum Gasteiger partial charge on any atom is 0.153 e. The van der Waals surface area contributed by atoms with Crippen LogP contribution in [0, 0.1) is 5.82 Å². The van der Waals surface area contributed by atoms with Crippen molar-refractivity contribution in [2.24, 2.45) is 0 Å². The minimum Gasteiger partial charge on any atom is -0.385 e. The van der Waals surface area contributed by atoms with Crippen molar-refractivity contribution in [2.45, 2.75) is 12.5 Å². The molecule has 84 valence electrons. The van der Waals surface area contributed by atoms with Gasteiger partial charge >= 0.3 is 0 Å². The molecule has 2 aromatic rings. The van der Waals surface area contributed by atoms with Gasteiger partial charge in [-0.3, -0.25) is 5.10 Å². The number of benzene rings is 1. The van der Waals surface area contributed by atoms with Crippen LogP contribution in [0.15, 0.2) is 24.5 Å². The van der Waals surface area contributed by atoms with Gasteiger partial charge < -0.3 is 5.11 Å². The Labute approximate surface area is 96.1 Å². The van der Waals surface area contributed by atoms with Gasteiger partial charge in [0.15, 0.2) is 5.82 Å². The standard InChI is InChI=1S/C10H9ClFN3O/c11-7-1-2-8(12)6(3-7)4-9(16)10-13-5-14-15-10/h1-3,5,9,16H,4H2,(H,13,14,15). The van der Waals surface area contributed by atoms with E-state index in [0.29, 0.717) is 16.4 Å². The number of aromatic amines is 1. The van der Waals surface area contributed by atoms with Crippen LogP contribution in [-0.2, 0) is 6.42 Å². The molecule has 16 heavy (non-hydrogen) atoms. The van der Waals surface area contributed by atoms with Crippen molar-refractivity contribution in [3.8, 4) is 0 Å². The van der Waals surface area contributed by atoms with Crippen LogP contribution in [0.4, 0.5) is 4.39 Å². The highest BCUT2D eigenvalue weighted by atomic mass is 35.5. The Morgan fingerprint density at radius 1 is 1.50 bits per heavy atom. The van der Waals surface area contributed by atoms with Gasteiger partial charge in [-0.05, 0) is 23.8 Å². The van der Waals surface area contributed by atoms with Crippen LogP contribution in [0.3, 0.4) is 0 Å². The first kappa shape index (κ1) is 11.0. The van der Waals surface area contributed by atoms with Gasteiger partial charge in [0.1, 0.15) is 18.2 Å². The Kier molecular flexibility index (Phi) is 3.17. The van der Waals surface area contributed by atoms with Crippen molar-refractivity contribution in [3.05, 3.63) is 46.8 Å². The van der Waals surface area contributed by atoms with E-state index < -0.39 is 11.9 Å². The van der Waals surface area contributed by atoms with Gasteiger partial charge in [0.25, 0.3) is 0 Å². The summed E-state index contributed by atoms with van der Waals surface area (Å²) in [6, 6.07) is 4.21. The highest BCUT2D eigenvalue weighted by Gasteiger charge is 2.14. The van der Waals surface area contributed by atoms with Crippen molar-refractivity contribution in [2.75, 3.05) is 0 Å².